The lowest BCUT2D eigenvalue weighted by Gasteiger charge is -2.50. The third-order valence-electron chi connectivity index (χ3n) is 5.06. The molecular weight excluding hydrogens is 264 g/mol. The Morgan fingerprint density at radius 1 is 1.14 bits per heavy atom. The Morgan fingerprint density at radius 3 is 2.33 bits per heavy atom. The number of ether oxygens (including phenoxy) is 1. The largest absolute Gasteiger partial charge is 0.445 e. The Morgan fingerprint density at radius 2 is 1.76 bits per heavy atom. The summed E-state index contributed by atoms with van der Waals surface area (Å²) in [6.07, 6.45) is 5.00. The van der Waals surface area contributed by atoms with Crippen LogP contribution in [-0.4, -0.2) is 11.6 Å². The van der Waals surface area contributed by atoms with Gasteiger partial charge in [-0.25, -0.2) is 4.79 Å². The summed E-state index contributed by atoms with van der Waals surface area (Å²) in [5, 5.41) is 12.3. The van der Waals surface area contributed by atoms with Crippen molar-refractivity contribution >= 4 is 6.09 Å². The van der Waals surface area contributed by atoms with E-state index in [-0.39, 0.29) is 17.0 Å². The lowest BCUT2D eigenvalue weighted by molar-refractivity contribution is 0.0523. The fraction of sp³-hybridized carbons (Fsp3) is 0.529. The summed E-state index contributed by atoms with van der Waals surface area (Å²) >= 11 is 0. The Balaban J connectivity index is 1.53. The number of rotatable bonds is 3. The number of benzene rings is 1. The number of fused-ring (bicyclic) bond motifs is 3. The van der Waals surface area contributed by atoms with E-state index < -0.39 is 0 Å². The predicted octanol–water partition coefficient (Wildman–Crippen LogP) is 3.53. The molecule has 110 valence electrons. The highest BCUT2D eigenvalue weighted by molar-refractivity contribution is 5.68. The quantitative estimate of drug-likeness (QED) is 0.923. The second kappa shape index (κ2) is 5.40. The molecule has 0 radical (unpaired) electrons. The molecule has 3 fully saturated rings. The summed E-state index contributed by atoms with van der Waals surface area (Å²) in [6, 6.07) is 12.2. The van der Waals surface area contributed by atoms with Gasteiger partial charge < -0.3 is 10.1 Å². The molecule has 0 heterocycles. The van der Waals surface area contributed by atoms with Gasteiger partial charge in [0, 0.05) is 5.54 Å². The molecule has 0 unspecified atom stereocenters. The van der Waals surface area contributed by atoms with Crippen LogP contribution in [0, 0.1) is 16.7 Å². The first-order valence-electron chi connectivity index (χ1n) is 7.56. The van der Waals surface area contributed by atoms with Crippen molar-refractivity contribution in [3.8, 4) is 6.07 Å². The minimum atomic E-state index is -0.342. The number of hydrogen-bond acceptors (Lipinski definition) is 3. The van der Waals surface area contributed by atoms with E-state index >= 15 is 0 Å². The molecule has 0 aliphatic heterocycles. The van der Waals surface area contributed by atoms with Crippen LogP contribution in [0.25, 0.3) is 0 Å². The van der Waals surface area contributed by atoms with E-state index in [4.69, 9.17) is 4.74 Å². The molecule has 0 saturated heterocycles. The Labute approximate surface area is 125 Å². The van der Waals surface area contributed by atoms with E-state index in [0.29, 0.717) is 6.61 Å². The third kappa shape index (κ3) is 2.87. The van der Waals surface area contributed by atoms with Crippen LogP contribution < -0.4 is 5.32 Å². The van der Waals surface area contributed by atoms with E-state index in [1.807, 2.05) is 30.3 Å². The first-order valence-corrected chi connectivity index (χ1v) is 7.56. The number of carbonyl (C=O) groups excluding carboxylic acids is 1. The number of nitrogens with zero attached hydrogens (tertiary/aromatic N) is 1. The van der Waals surface area contributed by atoms with E-state index in [0.717, 1.165) is 44.1 Å². The molecule has 3 aliphatic rings. The number of alkyl carbamates (subject to hydrolysis) is 1. The van der Waals surface area contributed by atoms with Crippen LogP contribution >= 0.6 is 0 Å². The van der Waals surface area contributed by atoms with E-state index in [2.05, 4.69) is 11.4 Å². The van der Waals surface area contributed by atoms with Gasteiger partial charge in [0.25, 0.3) is 0 Å². The highest BCUT2D eigenvalue weighted by Crippen LogP contribution is 2.51. The van der Waals surface area contributed by atoms with E-state index in [9.17, 15) is 10.1 Å². The monoisotopic (exact) mass is 284 g/mol. The second-order valence-corrected chi connectivity index (χ2v) is 6.36. The van der Waals surface area contributed by atoms with Crippen molar-refractivity contribution in [3.63, 3.8) is 0 Å². The fourth-order valence-electron chi connectivity index (χ4n) is 3.52. The van der Waals surface area contributed by atoms with Crippen molar-refractivity contribution in [1.82, 2.24) is 5.32 Å². The average molecular weight is 284 g/mol. The summed E-state index contributed by atoms with van der Waals surface area (Å²) in [5.74, 6) is 0. The van der Waals surface area contributed by atoms with Crippen molar-refractivity contribution in [2.45, 2.75) is 50.7 Å². The Hall–Kier alpha value is -2.02. The number of nitriles is 1. The normalized spacial score (nSPS) is 30.4. The fourth-order valence-corrected chi connectivity index (χ4v) is 3.52. The number of amides is 1. The molecule has 3 aliphatic carbocycles. The first-order chi connectivity index (χ1) is 10.2. The minimum Gasteiger partial charge on any atom is -0.445 e. The third-order valence-corrected chi connectivity index (χ3v) is 5.06. The number of carbonyl (C=O) groups is 1. The smallest absolute Gasteiger partial charge is 0.407 e. The van der Waals surface area contributed by atoms with Gasteiger partial charge in [-0.2, -0.15) is 5.26 Å². The molecule has 3 saturated carbocycles. The molecule has 0 aromatic heterocycles. The van der Waals surface area contributed by atoms with Crippen LogP contribution in [0.4, 0.5) is 4.79 Å². The van der Waals surface area contributed by atoms with Gasteiger partial charge in [-0.3, -0.25) is 0 Å². The van der Waals surface area contributed by atoms with Crippen LogP contribution in [0.5, 0.6) is 0 Å². The molecule has 4 nitrogen and oxygen atoms in total. The maximum absolute atomic E-state index is 12.0. The van der Waals surface area contributed by atoms with Gasteiger partial charge in [0.2, 0.25) is 0 Å². The molecule has 0 spiro atoms. The summed E-state index contributed by atoms with van der Waals surface area (Å²) in [6.45, 7) is 0.297. The van der Waals surface area contributed by atoms with Gasteiger partial charge in [-0.15, -0.1) is 0 Å². The molecule has 1 aromatic carbocycles. The van der Waals surface area contributed by atoms with E-state index in [1.165, 1.54) is 0 Å². The molecule has 2 bridgehead atoms. The van der Waals surface area contributed by atoms with Crippen molar-refractivity contribution in [2.24, 2.45) is 5.41 Å². The van der Waals surface area contributed by atoms with Crippen LogP contribution in [0.1, 0.15) is 44.1 Å². The Kier molecular flexibility index (Phi) is 3.59. The first kappa shape index (κ1) is 13.9. The maximum Gasteiger partial charge on any atom is 0.407 e. The summed E-state index contributed by atoms with van der Waals surface area (Å²) in [7, 11) is 0. The molecule has 0 atom stereocenters. The number of nitrogens with one attached hydrogen (secondary N) is 1. The topological polar surface area (TPSA) is 62.1 Å². The number of hydrogen-bond donors (Lipinski definition) is 1. The molecule has 1 amide bonds. The lowest BCUT2D eigenvalue weighted by Crippen LogP contribution is -2.56. The zero-order chi connectivity index (χ0) is 14.8. The van der Waals surface area contributed by atoms with Crippen molar-refractivity contribution in [3.05, 3.63) is 35.9 Å². The van der Waals surface area contributed by atoms with Gasteiger partial charge in [-0.1, -0.05) is 30.3 Å². The molecular formula is C17H20N2O2. The molecule has 4 heteroatoms. The Bertz CT molecular complexity index is 537. The van der Waals surface area contributed by atoms with Crippen molar-refractivity contribution < 1.29 is 9.53 Å². The van der Waals surface area contributed by atoms with Gasteiger partial charge in [-0.05, 0) is 44.1 Å². The van der Waals surface area contributed by atoms with Gasteiger partial charge in [0.1, 0.15) is 6.61 Å². The van der Waals surface area contributed by atoms with Crippen LogP contribution in [0.15, 0.2) is 30.3 Å². The van der Waals surface area contributed by atoms with Crippen LogP contribution in [0.2, 0.25) is 0 Å². The molecule has 21 heavy (non-hydrogen) atoms. The van der Waals surface area contributed by atoms with Crippen LogP contribution in [-0.2, 0) is 11.3 Å². The maximum atomic E-state index is 12.0. The lowest BCUT2D eigenvalue weighted by atomic mass is 9.58. The highest BCUT2D eigenvalue weighted by Gasteiger charge is 2.49. The molecule has 1 N–H and O–H groups in total. The van der Waals surface area contributed by atoms with Crippen LogP contribution in [0.3, 0.4) is 0 Å². The molecule has 1 aromatic rings. The predicted molar refractivity (Wildman–Crippen MR) is 78.2 cm³/mol. The molecule has 4 rings (SSSR count). The summed E-state index contributed by atoms with van der Waals surface area (Å²) < 4.78 is 5.31. The zero-order valence-electron chi connectivity index (χ0n) is 12.1. The minimum absolute atomic E-state index is 0.128. The van der Waals surface area contributed by atoms with Gasteiger partial charge >= 0.3 is 6.09 Å². The average Bonchev–Trinajstić information content (AvgIpc) is 2.55. The zero-order valence-corrected chi connectivity index (χ0v) is 12.1. The second-order valence-electron chi connectivity index (χ2n) is 6.36. The van der Waals surface area contributed by atoms with Crippen molar-refractivity contribution in [2.75, 3.05) is 0 Å². The van der Waals surface area contributed by atoms with Crippen molar-refractivity contribution in [1.29, 1.82) is 5.26 Å². The SMILES string of the molecule is N#CC12CCC(NC(=O)OCc3ccccc3)(CC1)CC2. The van der Waals surface area contributed by atoms with Gasteiger partial charge in [0.05, 0.1) is 11.5 Å². The van der Waals surface area contributed by atoms with E-state index in [1.54, 1.807) is 0 Å². The summed E-state index contributed by atoms with van der Waals surface area (Å²) in [5.41, 5.74) is 0.713. The highest BCUT2D eigenvalue weighted by atomic mass is 16.5. The van der Waals surface area contributed by atoms with Gasteiger partial charge in [0.15, 0.2) is 0 Å². The summed E-state index contributed by atoms with van der Waals surface area (Å²) in [4.78, 5) is 12.0. The standard InChI is InChI=1S/C17H20N2O2/c18-13-16-6-9-17(10-7-16,11-8-16)19-15(20)21-12-14-4-2-1-3-5-14/h1-5H,6-12H2,(H,19,20).